The molecule has 0 aliphatic rings. The first-order chi connectivity index (χ1) is 10.5. The lowest BCUT2D eigenvalue weighted by molar-refractivity contribution is 0.0697. The molecule has 6 heteroatoms. The zero-order valence-electron chi connectivity index (χ0n) is 12.2. The molecule has 0 radical (unpaired) electrons. The zero-order valence-corrected chi connectivity index (χ0v) is 13.0. The lowest BCUT2D eigenvalue weighted by Gasteiger charge is -2.12. The fourth-order valence-electron chi connectivity index (χ4n) is 2.02. The van der Waals surface area contributed by atoms with E-state index in [9.17, 15) is 4.79 Å². The van der Waals surface area contributed by atoms with Gasteiger partial charge in [0.1, 0.15) is 11.5 Å². The van der Waals surface area contributed by atoms with Gasteiger partial charge in [-0.1, -0.05) is 11.6 Å². The molecule has 116 valence electrons. The molecule has 2 aromatic rings. The molecule has 5 nitrogen and oxygen atoms in total. The number of carbonyl (C=O) groups is 1. The molecule has 0 bridgehead atoms. The molecule has 0 aliphatic carbocycles. The third-order valence-corrected chi connectivity index (χ3v) is 3.48. The Kier molecular flexibility index (Phi) is 5.12. The molecule has 0 saturated heterocycles. The largest absolute Gasteiger partial charge is 0.497 e. The summed E-state index contributed by atoms with van der Waals surface area (Å²) in [5.74, 6) is 0.421. The molecule has 0 aromatic heterocycles. The number of anilines is 1. The SMILES string of the molecule is COc1ccc(OC)c(CNc2ccc(C(=O)O)c(Cl)c2)c1. The first-order valence-electron chi connectivity index (χ1n) is 6.52. The van der Waals surface area contributed by atoms with Gasteiger partial charge >= 0.3 is 5.97 Å². The van der Waals surface area contributed by atoms with E-state index in [-0.39, 0.29) is 10.6 Å². The van der Waals surface area contributed by atoms with Gasteiger partial charge in [0.25, 0.3) is 0 Å². The maximum absolute atomic E-state index is 10.9. The summed E-state index contributed by atoms with van der Waals surface area (Å²) in [5.41, 5.74) is 1.71. The van der Waals surface area contributed by atoms with Crippen LogP contribution in [0.2, 0.25) is 5.02 Å². The second kappa shape index (κ2) is 7.04. The van der Waals surface area contributed by atoms with Crippen LogP contribution in [0.25, 0.3) is 0 Å². The first kappa shape index (κ1) is 16.0. The number of benzene rings is 2. The number of carboxylic acid groups (broad SMARTS) is 1. The second-order valence-electron chi connectivity index (χ2n) is 4.53. The van der Waals surface area contributed by atoms with E-state index in [0.29, 0.717) is 6.54 Å². The minimum absolute atomic E-state index is 0.0752. The molecule has 22 heavy (non-hydrogen) atoms. The molecule has 0 aliphatic heterocycles. The van der Waals surface area contributed by atoms with Crippen LogP contribution < -0.4 is 14.8 Å². The molecule has 2 N–H and O–H groups in total. The molecule has 0 heterocycles. The Morgan fingerprint density at radius 2 is 1.95 bits per heavy atom. The molecule has 0 unspecified atom stereocenters. The van der Waals surface area contributed by atoms with Crippen molar-refractivity contribution in [2.24, 2.45) is 0 Å². The smallest absolute Gasteiger partial charge is 0.337 e. The van der Waals surface area contributed by atoms with E-state index in [1.165, 1.54) is 6.07 Å². The average molecular weight is 322 g/mol. The van der Waals surface area contributed by atoms with Crippen LogP contribution in [0.5, 0.6) is 11.5 Å². The van der Waals surface area contributed by atoms with Gasteiger partial charge in [0, 0.05) is 17.8 Å². The molecule has 0 amide bonds. The topological polar surface area (TPSA) is 67.8 Å². The Balaban J connectivity index is 2.16. The van der Waals surface area contributed by atoms with Crippen molar-refractivity contribution in [3.05, 3.63) is 52.5 Å². The van der Waals surface area contributed by atoms with Crippen molar-refractivity contribution in [3.8, 4) is 11.5 Å². The minimum atomic E-state index is -1.05. The monoisotopic (exact) mass is 321 g/mol. The molecule has 0 fully saturated rings. The normalized spacial score (nSPS) is 10.1. The lowest BCUT2D eigenvalue weighted by atomic mass is 10.1. The van der Waals surface area contributed by atoms with E-state index in [4.69, 9.17) is 26.2 Å². The van der Waals surface area contributed by atoms with Gasteiger partial charge in [-0.25, -0.2) is 4.79 Å². The summed E-state index contributed by atoms with van der Waals surface area (Å²) >= 11 is 5.95. The lowest BCUT2D eigenvalue weighted by Crippen LogP contribution is -2.03. The molecule has 2 aromatic carbocycles. The van der Waals surface area contributed by atoms with Gasteiger partial charge in [0.15, 0.2) is 0 Å². The highest BCUT2D eigenvalue weighted by atomic mass is 35.5. The number of hydrogen-bond acceptors (Lipinski definition) is 4. The van der Waals surface area contributed by atoms with E-state index >= 15 is 0 Å². The van der Waals surface area contributed by atoms with Crippen molar-refractivity contribution in [1.82, 2.24) is 0 Å². The summed E-state index contributed by atoms with van der Waals surface area (Å²) < 4.78 is 10.5. The highest BCUT2D eigenvalue weighted by Gasteiger charge is 2.09. The van der Waals surface area contributed by atoms with Crippen LogP contribution in [0, 0.1) is 0 Å². The van der Waals surface area contributed by atoms with Gasteiger partial charge in [0.2, 0.25) is 0 Å². The van der Waals surface area contributed by atoms with E-state index in [2.05, 4.69) is 5.32 Å². The standard InChI is InChI=1S/C16H16ClNO4/c1-21-12-4-6-15(22-2)10(7-12)9-18-11-3-5-13(16(19)20)14(17)8-11/h3-8,18H,9H2,1-2H3,(H,19,20). The number of nitrogens with one attached hydrogen (secondary N) is 1. The first-order valence-corrected chi connectivity index (χ1v) is 6.90. The summed E-state index contributed by atoms with van der Waals surface area (Å²) in [4.78, 5) is 10.9. The van der Waals surface area contributed by atoms with Crippen molar-refractivity contribution < 1.29 is 19.4 Å². The van der Waals surface area contributed by atoms with Crippen LogP contribution in [0.1, 0.15) is 15.9 Å². The molecule has 2 rings (SSSR count). The fourth-order valence-corrected chi connectivity index (χ4v) is 2.28. The van der Waals surface area contributed by atoms with Crippen LogP contribution in [-0.2, 0) is 6.54 Å². The summed E-state index contributed by atoms with van der Waals surface area (Å²) in [6.07, 6.45) is 0. The summed E-state index contributed by atoms with van der Waals surface area (Å²) in [5, 5.41) is 12.3. The Morgan fingerprint density at radius 1 is 1.18 bits per heavy atom. The molecule has 0 saturated carbocycles. The predicted octanol–water partition coefficient (Wildman–Crippen LogP) is 3.67. The molecule has 0 spiro atoms. The van der Waals surface area contributed by atoms with Gasteiger partial charge in [-0.3, -0.25) is 0 Å². The molecule has 0 atom stereocenters. The minimum Gasteiger partial charge on any atom is -0.497 e. The average Bonchev–Trinajstić information content (AvgIpc) is 2.52. The van der Waals surface area contributed by atoms with Crippen molar-refractivity contribution in [2.75, 3.05) is 19.5 Å². The molecular weight excluding hydrogens is 306 g/mol. The zero-order chi connectivity index (χ0) is 16.1. The van der Waals surface area contributed by atoms with Crippen molar-refractivity contribution in [3.63, 3.8) is 0 Å². The van der Waals surface area contributed by atoms with Crippen LogP contribution in [-0.4, -0.2) is 25.3 Å². The summed E-state index contributed by atoms with van der Waals surface area (Å²) in [7, 11) is 3.20. The van der Waals surface area contributed by atoms with Gasteiger partial charge in [-0.15, -0.1) is 0 Å². The van der Waals surface area contributed by atoms with Crippen LogP contribution >= 0.6 is 11.6 Å². The van der Waals surface area contributed by atoms with Crippen molar-refractivity contribution >= 4 is 23.3 Å². The Morgan fingerprint density at radius 3 is 2.55 bits per heavy atom. The van der Waals surface area contributed by atoms with E-state index in [1.54, 1.807) is 26.4 Å². The third-order valence-electron chi connectivity index (χ3n) is 3.17. The van der Waals surface area contributed by atoms with Gasteiger partial charge in [-0.05, 0) is 36.4 Å². The Labute approximate surface area is 133 Å². The quantitative estimate of drug-likeness (QED) is 0.849. The van der Waals surface area contributed by atoms with E-state index in [1.807, 2.05) is 18.2 Å². The fraction of sp³-hybridized carbons (Fsp3) is 0.188. The number of hydrogen-bond donors (Lipinski definition) is 2. The Hall–Kier alpha value is -2.40. The highest BCUT2D eigenvalue weighted by molar-refractivity contribution is 6.33. The number of methoxy groups -OCH3 is 2. The number of rotatable bonds is 6. The second-order valence-corrected chi connectivity index (χ2v) is 4.94. The molecular formula is C16H16ClNO4. The highest BCUT2D eigenvalue weighted by Crippen LogP contribution is 2.26. The summed E-state index contributed by atoms with van der Waals surface area (Å²) in [6, 6.07) is 10.2. The van der Waals surface area contributed by atoms with E-state index < -0.39 is 5.97 Å². The predicted molar refractivity (Wildman–Crippen MR) is 85.3 cm³/mol. The maximum atomic E-state index is 10.9. The number of aromatic carboxylic acids is 1. The van der Waals surface area contributed by atoms with Crippen molar-refractivity contribution in [2.45, 2.75) is 6.54 Å². The van der Waals surface area contributed by atoms with Gasteiger partial charge in [0.05, 0.1) is 24.8 Å². The third kappa shape index (κ3) is 3.62. The Bertz CT molecular complexity index is 688. The summed E-state index contributed by atoms with van der Waals surface area (Å²) in [6.45, 7) is 0.489. The van der Waals surface area contributed by atoms with Gasteiger partial charge < -0.3 is 19.9 Å². The van der Waals surface area contributed by atoms with Crippen LogP contribution in [0.3, 0.4) is 0 Å². The van der Waals surface area contributed by atoms with E-state index in [0.717, 1.165) is 22.7 Å². The van der Waals surface area contributed by atoms with Crippen LogP contribution in [0.15, 0.2) is 36.4 Å². The van der Waals surface area contributed by atoms with Crippen LogP contribution in [0.4, 0.5) is 5.69 Å². The maximum Gasteiger partial charge on any atom is 0.337 e. The number of halogens is 1. The van der Waals surface area contributed by atoms with Gasteiger partial charge in [-0.2, -0.15) is 0 Å². The number of ether oxygens (including phenoxy) is 2. The number of carboxylic acids is 1. The van der Waals surface area contributed by atoms with Crippen molar-refractivity contribution in [1.29, 1.82) is 0 Å².